The summed E-state index contributed by atoms with van der Waals surface area (Å²) in [4.78, 5) is 24.2. The van der Waals surface area contributed by atoms with Crippen LogP contribution in [0.2, 0.25) is 5.02 Å². The Morgan fingerprint density at radius 3 is 2.41 bits per heavy atom. The predicted molar refractivity (Wildman–Crippen MR) is 107 cm³/mol. The maximum absolute atomic E-state index is 12.7. The number of rotatable bonds is 7. The van der Waals surface area contributed by atoms with Crippen molar-refractivity contribution in [2.75, 3.05) is 16.4 Å². The van der Waals surface area contributed by atoms with Crippen molar-refractivity contribution >= 4 is 44.6 Å². The van der Waals surface area contributed by atoms with Crippen molar-refractivity contribution in [1.29, 1.82) is 0 Å². The van der Waals surface area contributed by atoms with Crippen molar-refractivity contribution in [2.45, 2.75) is 31.6 Å². The van der Waals surface area contributed by atoms with Gasteiger partial charge in [0.25, 0.3) is 5.91 Å². The Kier molecular flexibility index (Phi) is 6.98. The second-order valence-electron chi connectivity index (χ2n) is 5.87. The normalized spacial score (nSPS) is 11.1. The number of carbonyl (C=O) groups is 2. The lowest BCUT2D eigenvalue weighted by molar-refractivity contribution is -0.115. The van der Waals surface area contributed by atoms with Crippen LogP contribution in [0.4, 0.5) is 11.4 Å². The number of amides is 2. The summed E-state index contributed by atoms with van der Waals surface area (Å²) in [7, 11) is -3.57. The fourth-order valence-corrected chi connectivity index (χ4v) is 4.15. The minimum absolute atomic E-state index is 0.0177. The van der Waals surface area contributed by atoms with E-state index >= 15 is 0 Å². The van der Waals surface area contributed by atoms with Crippen LogP contribution in [-0.2, 0) is 14.6 Å². The van der Waals surface area contributed by atoms with Gasteiger partial charge in [0.2, 0.25) is 5.91 Å². The van der Waals surface area contributed by atoms with E-state index in [1.165, 1.54) is 18.2 Å². The molecule has 6 nitrogen and oxygen atoms in total. The molecule has 2 aromatic carbocycles. The van der Waals surface area contributed by atoms with Gasteiger partial charge in [-0.05, 0) is 36.8 Å². The van der Waals surface area contributed by atoms with E-state index < -0.39 is 15.7 Å². The predicted octanol–water partition coefficient (Wildman–Crippen LogP) is 4.12. The Balaban J connectivity index is 2.34. The van der Waals surface area contributed by atoms with E-state index in [0.717, 1.165) is 0 Å². The monoisotopic (exact) mass is 408 g/mol. The van der Waals surface area contributed by atoms with Crippen molar-refractivity contribution in [3.63, 3.8) is 0 Å². The summed E-state index contributed by atoms with van der Waals surface area (Å²) >= 11 is 6.13. The van der Waals surface area contributed by atoms with Crippen LogP contribution in [0.15, 0.2) is 47.4 Å². The molecule has 8 heteroatoms. The average molecular weight is 409 g/mol. The molecule has 0 unspecified atom stereocenters. The quantitative estimate of drug-likeness (QED) is 0.720. The molecule has 2 aromatic rings. The molecule has 0 aliphatic carbocycles. The molecular weight excluding hydrogens is 388 g/mol. The molecule has 0 bridgehead atoms. The third-order valence-electron chi connectivity index (χ3n) is 3.76. The van der Waals surface area contributed by atoms with E-state index in [-0.39, 0.29) is 32.8 Å². The molecule has 0 spiro atoms. The summed E-state index contributed by atoms with van der Waals surface area (Å²) in [6, 6.07) is 10.7. The zero-order chi connectivity index (χ0) is 20.0. The molecule has 2 rings (SSSR count). The summed E-state index contributed by atoms with van der Waals surface area (Å²) in [6.45, 7) is 3.48. The molecule has 0 aliphatic heterocycles. The Bertz CT molecular complexity index is 958. The topological polar surface area (TPSA) is 92.3 Å². The first-order chi connectivity index (χ1) is 12.8. The molecule has 0 fully saturated rings. The van der Waals surface area contributed by atoms with Crippen LogP contribution in [0.1, 0.15) is 37.0 Å². The largest absolute Gasteiger partial charge is 0.326 e. The van der Waals surface area contributed by atoms with Gasteiger partial charge in [0, 0.05) is 12.1 Å². The first-order valence-electron chi connectivity index (χ1n) is 8.51. The van der Waals surface area contributed by atoms with E-state index in [9.17, 15) is 18.0 Å². The van der Waals surface area contributed by atoms with Gasteiger partial charge in [-0.15, -0.1) is 0 Å². The lowest BCUT2D eigenvalue weighted by Gasteiger charge is -2.13. The van der Waals surface area contributed by atoms with Gasteiger partial charge in [-0.2, -0.15) is 0 Å². The number of anilines is 2. The summed E-state index contributed by atoms with van der Waals surface area (Å²) in [5, 5.41) is 5.58. The fourth-order valence-electron chi connectivity index (χ4n) is 2.44. The number of halogens is 1. The molecule has 0 heterocycles. The van der Waals surface area contributed by atoms with Crippen LogP contribution in [0.3, 0.4) is 0 Å². The van der Waals surface area contributed by atoms with Crippen molar-refractivity contribution in [3.05, 3.63) is 53.1 Å². The van der Waals surface area contributed by atoms with Gasteiger partial charge in [-0.1, -0.05) is 37.6 Å². The standard InChI is InChI=1S/C19H21ClN2O4S/c1-3-11-27(25,26)17-8-6-5-7-14(17)19(24)22-16-12-13(9-10-15(16)20)21-18(23)4-2/h5-10,12H,3-4,11H2,1-2H3,(H,21,23)(H,22,24). The van der Waals surface area contributed by atoms with Gasteiger partial charge < -0.3 is 10.6 Å². The van der Waals surface area contributed by atoms with Crippen molar-refractivity contribution in [2.24, 2.45) is 0 Å². The molecule has 0 saturated heterocycles. The fraction of sp³-hybridized carbons (Fsp3) is 0.263. The maximum Gasteiger partial charge on any atom is 0.257 e. The molecule has 0 aromatic heterocycles. The number of benzene rings is 2. The number of nitrogens with one attached hydrogen (secondary N) is 2. The molecule has 0 radical (unpaired) electrons. The smallest absolute Gasteiger partial charge is 0.257 e. The van der Waals surface area contributed by atoms with Crippen LogP contribution < -0.4 is 10.6 Å². The Morgan fingerprint density at radius 1 is 1.04 bits per heavy atom. The summed E-state index contributed by atoms with van der Waals surface area (Å²) in [6.07, 6.45) is 0.760. The average Bonchev–Trinajstić information content (AvgIpc) is 2.64. The third kappa shape index (κ3) is 5.30. The number of carbonyl (C=O) groups excluding carboxylic acids is 2. The Labute approximate surface area is 163 Å². The van der Waals surface area contributed by atoms with Gasteiger partial charge in [0.05, 0.1) is 26.9 Å². The van der Waals surface area contributed by atoms with Crippen LogP contribution >= 0.6 is 11.6 Å². The SMILES string of the molecule is CCCS(=O)(=O)c1ccccc1C(=O)Nc1cc(NC(=O)CC)ccc1Cl. The Hall–Kier alpha value is -2.38. The van der Waals surface area contributed by atoms with E-state index in [1.54, 1.807) is 38.1 Å². The molecule has 0 aliphatic rings. The lowest BCUT2D eigenvalue weighted by Crippen LogP contribution is -2.18. The first kappa shape index (κ1) is 20.9. The number of sulfone groups is 1. The molecule has 2 N–H and O–H groups in total. The van der Waals surface area contributed by atoms with Crippen molar-refractivity contribution in [3.8, 4) is 0 Å². The molecular formula is C19H21ClN2O4S. The van der Waals surface area contributed by atoms with Gasteiger partial charge in [-0.3, -0.25) is 9.59 Å². The maximum atomic E-state index is 12.7. The van der Waals surface area contributed by atoms with E-state index in [1.807, 2.05) is 0 Å². The van der Waals surface area contributed by atoms with E-state index in [0.29, 0.717) is 18.5 Å². The van der Waals surface area contributed by atoms with Crippen LogP contribution in [-0.4, -0.2) is 26.0 Å². The van der Waals surface area contributed by atoms with Crippen LogP contribution in [0.5, 0.6) is 0 Å². The summed E-state index contributed by atoms with van der Waals surface area (Å²) in [5.41, 5.74) is 0.803. The molecule has 2 amide bonds. The molecule has 0 saturated carbocycles. The molecule has 27 heavy (non-hydrogen) atoms. The lowest BCUT2D eigenvalue weighted by atomic mass is 10.2. The highest BCUT2D eigenvalue weighted by molar-refractivity contribution is 7.91. The highest BCUT2D eigenvalue weighted by Gasteiger charge is 2.22. The van der Waals surface area contributed by atoms with Gasteiger partial charge in [0.15, 0.2) is 9.84 Å². The minimum Gasteiger partial charge on any atom is -0.326 e. The number of hydrogen-bond donors (Lipinski definition) is 2. The van der Waals surface area contributed by atoms with Gasteiger partial charge in [0.1, 0.15) is 0 Å². The Morgan fingerprint density at radius 2 is 1.74 bits per heavy atom. The van der Waals surface area contributed by atoms with E-state index in [4.69, 9.17) is 11.6 Å². The third-order valence-corrected chi connectivity index (χ3v) is 6.06. The van der Waals surface area contributed by atoms with Crippen molar-refractivity contribution in [1.82, 2.24) is 0 Å². The summed E-state index contributed by atoms with van der Waals surface area (Å²) < 4.78 is 24.9. The zero-order valence-electron chi connectivity index (χ0n) is 15.1. The molecule has 0 atom stereocenters. The second-order valence-corrected chi connectivity index (χ2v) is 8.35. The van der Waals surface area contributed by atoms with Gasteiger partial charge >= 0.3 is 0 Å². The molecule has 144 valence electrons. The highest BCUT2D eigenvalue weighted by Crippen LogP contribution is 2.27. The second kappa shape index (κ2) is 9.01. The summed E-state index contributed by atoms with van der Waals surface area (Å²) in [5.74, 6) is -0.812. The number of hydrogen-bond acceptors (Lipinski definition) is 4. The van der Waals surface area contributed by atoms with Crippen LogP contribution in [0.25, 0.3) is 0 Å². The first-order valence-corrected chi connectivity index (χ1v) is 10.5. The highest BCUT2D eigenvalue weighted by atomic mass is 35.5. The zero-order valence-corrected chi connectivity index (χ0v) is 16.7. The van der Waals surface area contributed by atoms with Crippen molar-refractivity contribution < 1.29 is 18.0 Å². The van der Waals surface area contributed by atoms with Gasteiger partial charge in [-0.25, -0.2) is 8.42 Å². The van der Waals surface area contributed by atoms with Crippen LogP contribution in [0, 0.1) is 0 Å². The van der Waals surface area contributed by atoms with E-state index in [2.05, 4.69) is 10.6 Å². The minimum atomic E-state index is -3.57.